The maximum Gasteiger partial charge on any atom is 0.325 e. The molecule has 1 atom stereocenters. The van der Waals surface area contributed by atoms with Crippen LogP contribution in [0.15, 0.2) is 24.3 Å². The Labute approximate surface area is 152 Å². The van der Waals surface area contributed by atoms with Gasteiger partial charge in [-0.1, -0.05) is 12.1 Å². The highest BCUT2D eigenvalue weighted by molar-refractivity contribution is 6.08. The average molecular weight is 360 g/mol. The number of benzene rings is 1. The molecule has 0 radical (unpaired) electrons. The van der Waals surface area contributed by atoms with Gasteiger partial charge in [0.15, 0.2) is 0 Å². The smallest absolute Gasteiger partial charge is 0.325 e. The number of piperazine rings is 1. The number of imide groups is 1. The second kappa shape index (κ2) is 7.33. The van der Waals surface area contributed by atoms with Gasteiger partial charge in [-0.15, -0.1) is 0 Å². The molecule has 2 N–H and O–H groups in total. The van der Waals surface area contributed by atoms with Crippen molar-refractivity contribution in [3.8, 4) is 5.75 Å². The van der Waals surface area contributed by atoms with Gasteiger partial charge in [0.1, 0.15) is 17.8 Å². The molecule has 8 heteroatoms. The van der Waals surface area contributed by atoms with Crippen LogP contribution in [0.4, 0.5) is 4.79 Å². The molecule has 26 heavy (non-hydrogen) atoms. The molecular weight excluding hydrogens is 336 g/mol. The molecule has 1 unspecified atom stereocenters. The van der Waals surface area contributed by atoms with E-state index >= 15 is 0 Å². The van der Waals surface area contributed by atoms with Crippen LogP contribution in [-0.4, -0.2) is 73.0 Å². The summed E-state index contributed by atoms with van der Waals surface area (Å²) in [4.78, 5) is 40.2. The van der Waals surface area contributed by atoms with Crippen molar-refractivity contribution in [1.29, 1.82) is 0 Å². The average Bonchev–Trinajstić information content (AvgIpc) is 2.86. The monoisotopic (exact) mass is 360 g/mol. The summed E-state index contributed by atoms with van der Waals surface area (Å²) in [5, 5.41) is 5.91. The Bertz CT molecular complexity index is 700. The summed E-state index contributed by atoms with van der Waals surface area (Å²) in [6.07, 6.45) is 0.347. The zero-order valence-corrected chi connectivity index (χ0v) is 15.1. The standard InChI is InChI=1S/C18H24N4O4/c1-18(11-13-3-5-14(26-2)6-4-13)16(24)22(17(25)20-18)12-15(23)21-9-7-19-8-10-21/h3-6,19H,7-12H2,1-2H3,(H,20,25). The van der Waals surface area contributed by atoms with Crippen LogP contribution in [-0.2, 0) is 16.0 Å². The highest BCUT2D eigenvalue weighted by Gasteiger charge is 2.48. The molecule has 1 aromatic carbocycles. The highest BCUT2D eigenvalue weighted by Crippen LogP contribution is 2.23. The van der Waals surface area contributed by atoms with Gasteiger partial charge >= 0.3 is 6.03 Å². The molecule has 4 amide bonds. The van der Waals surface area contributed by atoms with Crippen LogP contribution in [0, 0.1) is 0 Å². The summed E-state index contributed by atoms with van der Waals surface area (Å²) in [5.74, 6) is 0.148. The van der Waals surface area contributed by atoms with Crippen molar-refractivity contribution in [2.24, 2.45) is 0 Å². The third-order valence-electron chi connectivity index (χ3n) is 4.82. The van der Waals surface area contributed by atoms with Crippen molar-refractivity contribution in [2.75, 3.05) is 39.8 Å². The number of hydrogen-bond donors (Lipinski definition) is 2. The molecular formula is C18H24N4O4. The van der Waals surface area contributed by atoms with Crippen molar-refractivity contribution in [2.45, 2.75) is 18.9 Å². The highest BCUT2D eigenvalue weighted by atomic mass is 16.5. The van der Waals surface area contributed by atoms with Crippen molar-refractivity contribution in [1.82, 2.24) is 20.4 Å². The van der Waals surface area contributed by atoms with E-state index in [2.05, 4.69) is 10.6 Å². The zero-order chi connectivity index (χ0) is 18.7. The molecule has 0 aliphatic carbocycles. The molecule has 0 aromatic heterocycles. The van der Waals surface area contributed by atoms with E-state index in [4.69, 9.17) is 4.74 Å². The minimum absolute atomic E-state index is 0.205. The van der Waals surface area contributed by atoms with Gasteiger partial charge in [-0.3, -0.25) is 14.5 Å². The summed E-state index contributed by atoms with van der Waals surface area (Å²) < 4.78 is 5.13. The van der Waals surface area contributed by atoms with E-state index in [9.17, 15) is 14.4 Å². The van der Waals surface area contributed by atoms with E-state index in [1.807, 2.05) is 24.3 Å². The number of rotatable bonds is 5. The first-order chi connectivity index (χ1) is 12.4. The summed E-state index contributed by atoms with van der Waals surface area (Å²) in [6.45, 7) is 4.09. The largest absolute Gasteiger partial charge is 0.497 e. The summed E-state index contributed by atoms with van der Waals surface area (Å²) in [5.41, 5.74) is -0.160. The van der Waals surface area contributed by atoms with Crippen LogP contribution in [0.1, 0.15) is 12.5 Å². The lowest BCUT2D eigenvalue weighted by Gasteiger charge is -2.28. The van der Waals surface area contributed by atoms with Gasteiger partial charge in [-0.2, -0.15) is 0 Å². The lowest BCUT2D eigenvalue weighted by atomic mass is 9.93. The maximum atomic E-state index is 12.8. The first-order valence-corrected chi connectivity index (χ1v) is 8.68. The Morgan fingerprint density at radius 3 is 2.46 bits per heavy atom. The molecule has 2 aliphatic rings. The van der Waals surface area contributed by atoms with Gasteiger partial charge in [0, 0.05) is 32.6 Å². The Hall–Kier alpha value is -2.61. The summed E-state index contributed by atoms with van der Waals surface area (Å²) in [7, 11) is 1.59. The molecule has 1 aromatic rings. The van der Waals surface area contributed by atoms with Gasteiger partial charge in [0.2, 0.25) is 5.91 Å². The van der Waals surface area contributed by atoms with E-state index in [1.165, 1.54) is 0 Å². The van der Waals surface area contributed by atoms with Crippen LogP contribution in [0.25, 0.3) is 0 Å². The molecule has 2 saturated heterocycles. The molecule has 2 aliphatic heterocycles. The Kier molecular flexibility index (Phi) is 5.13. The van der Waals surface area contributed by atoms with Crippen molar-refractivity contribution >= 4 is 17.8 Å². The normalized spacial score (nSPS) is 23.2. The number of hydrogen-bond acceptors (Lipinski definition) is 5. The molecule has 2 heterocycles. The number of nitrogens with zero attached hydrogens (tertiary/aromatic N) is 2. The fourth-order valence-electron chi connectivity index (χ4n) is 3.31. The molecule has 8 nitrogen and oxygen atoms in total. The molecule has 0 spiro atoms. The molecule has 0 bridgehead atoms. The SMILES string of the molecule is COc1ccc(CC2(C)NC(=O)N(CC(=O)N3CCNCC3)C2=O)cc1. The first kappa shape index (κ1) is 18.2. The van der Waals surface area contributed by atoms with E-state index in [0.29, 0.717) is 19.5 Å². The van der Waals surface area contributed by atoms with Crippen LogP contribution in [0.5, 0.6) is 5.75 Å². The van der Waals surface area contributed by atoms with Gasteiger partial charge < -0.3 is 20.3 Å². The van der Waals surface area contributed by atoms with Crippen molar-refractivity contribution < 1.29 is 19.1 Å². The minimum Gasteiger partial charge on any atom is -0.497 e. The van der Waals surface area contributed by atoms with Crippen molar-refractivity contribution in [3.63, 3.8) is 0 Å². The van der Waals surface area contributed by atoms with E-state index in [-0.39, 0.29) is 18.4 Å². The minimum atomic E-state index is -1.06. The van der Waals surface area contributed by atoms with Gasteiger partial charge in [0.05, 0.1) is 7.11 Å². The van der Waals surface area contributed by atoms with E-state index in [0.717, 1.165) is 29.3 Å². The van der Waals surface area contributed by atoms with Gasteiger partial charge in [-0.05, 0) is 24.6 Å². The third-order valence-corrected chi connectivity index (χ3v) is 4.82. The predicted octanol–water partition coefficient (Wildman–Crippen LogP) is -0.0200. The number of carbonyl (C=O) groups excluding carboxylic acids is 3. The number of methoxy groups -OCH3 is 1. The number of ether oxygens (including phenoxy) is 1. The number of urea groups is 1. The third kappa shape index (κ3) is 3.65. The lowest BCUT2D eigenvalue weighted by Crippen LogP contribution is -2.51. The lowest BCUT2D eigenvalue weighted by molar-refractivity contribution is -0.139. The quantitative estimate of drug-likeness (QED) is 0.720. The number of carbonyl (C=O) groups is 3. The first-order valence-electron chi connectivity index (χ1n) is 8.68. The second-order valence-electron chi connectivity index (χ2n) is 6.81. The summed E-state index contributed by atoms with van der Waals surface area (Å²) >= 11 is 0. The second-order valence-corrected chi connectivity index (χ2v) is 6.81. The zero-order valence-electron chi connectivity index (χ0n) is 15.1. The summed E-state index contributed by atoms with van der Waals surface area (Å²) in [6, 6.07) is 6.82. The van der Waals surface area contributed by atoms with Gasteiger partial charge in [-0.25, -0.2) is 4.79 Å². The fourth-order valence-corrected chi connectivity index (χ4v) is 3.31. The Balaban J connectivity index is 1.67. The number of amides is 4. The number of nitrogens with one attached hydrogen (secondary N) is 2. The Morgan fingerprint density at radius 1 is 1.19 bits per heavy atom. The van der Waals surface area contributed by atoms with Crippen LogP contribution >= 0.6 is 0 Å². The predicted molar refractivity (Wildman–Crippen MR) is 94.8 cm³/mol. The van der Waals surface area contributed by atoms with Crippen LogP contribution in [0.2, 0.25) is 0 Å². The van der Waals surface area contributed by atoms with Crippen LogP contribution < -0.4 is 15.4 Å². The van der Waals surface area contributed by atoms with E-state index < -0.39 is 11.6 Å². The molecule has 0 saturated carbocycles. The maximum absolute atomic E-state index is 12.8. The Morgan fingerprint density at radius 2 is 1.85 bits per heavy atom. The fraction of sp³-hybridized carbons (Fsp3) is 0.500. The topological polar surface area (TPSA) is 91.0 Å². The van der Waals surface area contributed by atoms with Crippen molar-refractivity contribution in [3.05, 3.63) is 29.8 Å². The molecule has 2 fully saturated rings. The van der Waals surface area contributed by atoms with Crippen LogP contribution in [0.3, 0.4) is 0 Å². The molecule has 140 valence electrons. The van der Waals surface area contributed by atoms with E-state index in [1.54, 1.807) is 18.9 Å². The molecule has 3 rings (SSSR count). The van der Waals surface area contributed by atoms with Gasteiger partial charge in [0.25, 0.3) is 5.91 Å².